The van der Waals surface area contributed by atoms with E-state index in [-0.39, 0.29) is 12.5 Å². The largest absolute Gasteiger partial charge is 0.481 e. The quantitative estimate of drug-likeness (QED) is 0.870. The Morgan fingerprint density at radius 2 is 2.40 bits per heavy atom. The summed E-state index contributed by atoms with van der Waals surface area (Å²) in [4.78, 5) is 28.5. The molecule has 0 aromatic carbocycles. The number of nitrogens with one attached hydrogen (secondary N) is 1. The molecule has 0 saturated carbocycles. The van der Waals surface area contributed by atoms with E-state index < -0.39 is 5.97 Å². The van der Waals surface area contributed by atoms with Crippen molar-refractivity contribution in [2.75, 3.05) is 13.1 Å². The number of carboxylic acids is 1. The maximum atomic E-state index is 12.1. The first-order chi connectivity index (χ1) is 9.65. The molecule has 1 aromatic heterocycles. The molecule has 0 spiro atoms. The lowest BCUT2D eigenvalue weighted by Gasteiger charge is -2.32. The Kier molecular flexibility index (Phi) is 5.34. The lowest BCUT2D eigenvalue weighted by Crippen LogP contribution is -2.45. The van der Waals surface area contributed by atoms with Crippen LogP contribution in [-0.4, -0.2) is 40.1 Å². The van der Waals surface area contributed by atoms with Crippen LogP contribution in [0, 0.1) is 5.92 Å². The van der Waals surface area contributed by atoms with E-state index in [9.17, 15) is 9.59 Å². The van der Waals surface area contributed by atoms with Gasteiger partial charge in [-0.25, -0.2) is 9.78 Å². The number of urea groups is 1. The van der Waals surface area contributed by atoms with E-state index in [1.807, 2.05) is 5.38 Å². The van der Waals surface area contributed by atoms with Gasteiger partial charge in [0.25, 0.3) is 0 Å². The average Bonchev–Trinajstić information content (AvgIpc) is 2.96. The second-order valence-corrected chi connectivity index (χ2v) is 5.95. The minimum absolute atomic E-state index is 0.0831. The number of carboxylic acid groups (broad SMARTS) is 1. The van der Waals surface area contributed by atoms with Gasteiger partial charge in [0.1, 0.15) is 5.01 Å². The normalized spacial score (nSPS) is 18.8. The summed E-state index contributed by atoms with van der Waals surface area (Å²) in [5, 5.41) is 14.3. The molecule has 20 heavy (non-hydrogen) atoms. The first-order valence-corrected chi connectivity index (χ1v) is 7.66. The van der Waals surface area contributed by atoms with Crippen LogP contribution in [0.3, 0.4) is 0 Å². The van der Waals surface area contributed by atoms with Gasteiger partial charge in [0.2, 0.25) is 0 Å². The Hall–Kier alpha value is -1.63. The number of nitrogens with zero attached hydrogens (tertiary/aromatic N) is 2. The van der Waals surface area contributed by atoms with E-state index in [1.165, 1.54) is 11.3 Å². The molecular weight excluding hydrogens is 278 g/mol. The molecule has 1 fully saturated rings. The van der Waals surface area contributed by atoms with E-state index >= 15 is 0 Å². The summed E-state index contributed by atoms with van der Waals surface area (Å²) in [5.41, 5.74) is 0. The van der Waals surface area contributed by atoms with E-state index in [0.717, 1.165) is 24.4 Å². The van der Waals surface area contributed by atoms with Crippen molar-refractivity contribution in [2.24, 2.45) is 5.92 Å². The number of amides is 2. The first kappa shape index (κ1) is 14.8. The average molecular weight is 297 g/mol. The van der Waals surface area contributed by atoms with Crippen LogP contribution in [0.25, 0.3) is 0 Å². The second kappa shape index (κ2) is 7.23. The van der Waals surface area contributed by atoms with Crippen molar-refractivity contribution in [1.82, 2.24) is 15.2 Å². The maximum absolute atomic E-state index is 12.1. The molecule has 1 saturated heterocycles. The maximum Gasteiger partial charge on any atom is 0.317 e. The number of carbonyl (C=O) groups is 2. The van der Waals surface area contributed by atoms with Crippen molar-refractivity contribution in [1.29, 1.82) is 0 Å². The topological polar surface area (TPSA) is 82.5 Å². The summed E-state index contributed by atoms with van der Waals surface area (Å²) in [6.45, 7) is 1.84. The predicted molar refractivity (Wildman–Crippen MR) is 75.5 cm³/mol. The van der Waals surface area contributed by atoms with Gasteiger partial charge in [0.05, 0.1) is 6.54 Å². The van der Waals surface area contributed by atoms with Crippen LogP contribution in [-0.2, 0) is 11.3 Å². The molecule has 2 rings (SSSR count). The van der Waals surface area contributed by atoms with Crippen LogP contribution in [0.2, 0.25) is 0 Å². The molecule has 2 N–H and O–H groups in total. The molecule has 0 radical (unpaired) electrons. The highest BCUT2D eigenvalue weighted by molar-refractivity contribution is 7.09. The lowest BCUT2D eigenvalue weighted by molar-refractivity contribution is -0.137. The molecule has 0 aliphatic carbocycles. The van der Waals surface area contributed by atoms with Crippen LogP contribution in [0.4, 0.5) is 4.79 Å². The number of hydrogen-bond acceptors (Lipinski definition) is 4. The van der Waals surface area contributed by atoms with Gasteiger partial charge in [-0.1, -0.05) is 0 Å². The van der Waals surface area contributed by atoms with Gasteiger partial charge >= 0.3 is 12.0 Å². The zero-order valence-electron chi connectivity index (χ0n) is 11.2. The standard InChI is InChI=1S/C13H19N3O3S/c17-12(18)4-3-10-2-1-6-16(9-10)13(19)15-8-11-14-5-7-20-11/h5,7,10H,1-4,6,8-9H2,(H,15,19)(H,17,18). The molecule has 6 nitrogen and oxygen atoms in total. The number of carbonyl (C=O) groups excluding carboxylic acids is 1. The third-order valence-electron chi connectivity index (χ3n) is 3.45. The Balaban J connectivity index is 1.76. The lowest BCUT2D eigenvalue weighted by atomic mass is 9.93. The van der Waals surface area contributed by atoms with Crippen LogP contribution in [0.5, 0.6) is 0 Å². The van der Waals surface area contributed by atoms with Crippen molar-refractivity contribution in [3.63, 3.8) is 0 Å². The SMILES string of the molecule is O=C(O)CCC1CCCN(C(=O)NCc2nccs2)C1. The first-order valence-electron chi connectivity index (χ1n) is 6.78. The zero-order valence-corrected chi connectivity index (χ0v) is 12.1. The third-order valence-corrected chi connectivity index (χ3v) is 4.23. The number of thiazole rings is 1. The highest BCUT2D eigenvalue weighted by Gasteiger charge is 2.23. The number of aromatic nitrogens is 1. The van der Waals surface area contributed by atoms with Crippen molar-refractivity contribution in [3.05, 3.63) is 16.6 Å². The van der Waals surface area contributed by atoms with E-state index in [1.54, 1.807) is 11.1 Å². The smallest absolute Gasteiger partial charge is 0.317 e. The Morgan fingerprint density at radius 3 is 3.10 bits per heavy atom. The predicted octanol–water partition coefficient (Wildman–Crippen LogP) is 1.93. The highest BCUT2D eigenvalue weighted by Crippen LogP contribution is 2.21. The van der Waals surface area contributed by atoms with E-state index in [0.29, 0.717) is 25.4 Å². The van der Waals surface area contributed by atoms with Crippen LogP contribution in [0.15, 0.2) is 11.6 Å². The molecule has 0 bridgehead atoms. The molecule has 2 heterocycles. The third kappa shape index (κ3) is 4.48. The van der Waals surface area contributed by atoms with Gasteiger partial charge in [-0.3, -0.25) is 4.79 Å². The molecule has 7 heteroatoms. The Labute approximate surface area is 121 Å². The van der Waals surface area contributed by atoms with Crippen LogP contribution in [0.1, 0.15) is 30.7 Å². The Bertz CT molecular complexity index is 450. The molecule has 2 amide bonds. The summed E-state index contributed by atoms with van der Waals surface area (Å²) in [6, 6.07) is -0.0831. The minimum Gasteiger partial charge on any atom is -0.481 e. The molecule has 1 aliphatic rings. The van der Waals surface area contributed by atoms with Crippen LogP contribution < -0.4 is 5.32 Å². The zero-order chi connectivity index (χ0) is 14.4. The second-order valence-electron chi connectivity index (χ2n) is 4.97. The fourth-order valence-electron chi connectivity index (χ4n) is 2.42. The van der Waals surface area contributed by atoms with Crippen LogP contribution >= 0.6 is 11.3 Å². The van der Waals surface area contributed by atoms with Gasteiger partial charge in [-0.2, -0.15) is 0 Å². The summed E-state index contributed by atoms with van der Waals surface area (Å²) < 4.78 is 0. The van der Waals surface area contributed by atoms with Crippen molar-refractivity contribution in [3.8, 4) is 0 Å². The van der Waals surface area contributed by atoms with Gasteiger partial charge in [0.15, 0.2) is 0 Å². The molecule has 1 atom stereocenters. The monoisotopic (exact) mass is 297 g/mol. The summed E-state index contributed by atoms with van der Waals surface area (Å²) in [5.74, 6) is -0.471. The minimum atomic E-state index is -0.768. The van der Waals surface area contributed by atoms with Crippen molar-refractivity contribution in [2.45, 2.75) is 32.2 Å². The van der Waals surface area contributed by atoms with Crippen molar-refractivity contribution < 1.29 is 14.7 Å². The highest BCUT2D eigenvalue weighted by atomic mass is 32.1. The summed E-state index contributed by atoms with van der Waals surface area (Å²) in [7, 11) is 0. The van der Waals surface area contributed by atoms with Gasteiger partial charge < -0.3 is 15.3 Å². The van der Waals surface area contributed by atoms with E-state index in [2.05, 4.69) is 10.3 Å². The number of rotatable bonds is 5. The van der Waals surface area contributed by atoms with Gasteiger partial charge in [-0.05, 0) is 25.2 Å². The fraction of sp³-hybridized carbons (Fsp3) is 0.615. The van der Waals surface area contributed by atoms with Crippen molar-refractivity contribution >= 4 is 23.3 Å². The number of hydrogen-bond donors (Lipinski definition) is 2. The number of piperidine rings is 1. The molecule has 1 aliphatic heterocycles. The van der Waals surface area contributed by atoms with Gasteiger partial charge in [0, 0.05) is 31.1 Å². The molecular formula is C13H19N3O3S. The van der Waals surface area contributed by atoms with Gasteiger partial charge in [-0.15, -0.1) is 11.3 Å². The summed E-state index contributed by atoms with van der Waals surface area (Å²) in [6.07, 6.45) is 4.48. The molecule has 1 aromatic rings. The van der Waals surface area contributed by atoms with E-state index in [4.69, 9.17) is 5.11 Å². The fourth-order valence-corrected chi connectivity index (χ4v) is 2.97. The number of aliphatic carboxylic acids is 1. The Morgan fingerprint density at radius 1 is 1.55 bits per heavy atom. The molecule has 110 valence electrons. The number of likely N-dealkylation sites (tertiary alicyclic amines) is 1. The summed E-state index contributed by atoms with van der Waals surface area (Å²) >= 11 is 1.51. The molecule has 1 unspecified atom stereocenters.